The van der Waals surface area contributed by atoms with Crippen molar-refractivity contribution in [3.63, 3.8) is 0 Å². The van der Waals surface area contributed by atoms with Gasteiger partial charge in [0.15, 0.2) is 0 Å². The predicted molar refractivity (Wildman–Crippen MR) is 71.9 cm³/mol. The maximum Gasteiger partial charge on any atom is 0.303 e. The van der Waals surface area contributed by atoms with Crippen LogP contribution in [0.2, 0.25) is 0 Å². The Labute approximate surface area is 117 Å². The highest BCUT2D eigenvalue weighted by atomic mass is 32.2. The molecule has 0 bridgehead atoms. The van der Waals surface area contributed by atoms with Gasteiger partial charge in [-0.3, -0.25) is 9.59 Å². The van der Waals surface area contributed by atoms with E-state index in [4.69, 9.17) is 9.88 Å². The largest absolute Gasteiger partial charge is 0.447 e. The van der Waals surface area contributed by atoms with Gasteiger partial charge in [0.25, 0.3) is 5.91 Å². The molecule has 0 fully saturated rings. The van der Waals surface area contributed by atoms with Crippen molar-refractivity contribution in [2.24, 2.45) is 5.14 Å². The van der Waals surface area contributed by atoms with Gasteiger partial charge >= 0.3 is 5.97 Å². The van der Waals surface area contributed by atoms with Crippen LogP contribution < -0.4 is 10.5 Å². The predicted octanol–water partition coefficient (Wildman–Crippen LogP) is -0.304. The average Bonchev–Trinajstić information content (AvgIpc) is 2.35. The van der Waals surface area contributed by atoms with E-state index in [0.717, 1.165) is 0 Å². The summed E-state index contributed by atoms with van der Waals surface area (Å²) < 4.78 is 26.5. The number of benzene rings is 1. The summed E-state index contributed by atoms with van der Waals surface area (Å²) in [5, 5.41) is 7.19. The Morgan fingerprint density at radius 3 is 2.40 bits per heavy atom. The maximum atomic E-state index is 11.9. The number of nitrogens with two attached hydrogens (primary N) is 1. The highest BCUT2D eigenvalue weighted by molar-refractivity contribution is 7.89. The standard InChI is InChI=1S/C12H16N2O5S/c1-9(15)19-11(10-5-3-2-4-6-10)12(16)14-7-8-20(13,17)18/h2-6,11H,7-8H2,1H3,(H,14,16)(H2,13,17,18). The summed E-state index contributed by atoms with van der Waals surface area (Å²) in [6.45, 7) is 1.04. The van der Waals surface area contributed by atoms with E-state index in [2.05, 4.69) is 5.32 Å². The van der Waals surface area contributed by atoms with Gasteiger partial charge in [0.2, 0.25) is 16.1 Å². The van der Waals surface area contributed by atoms with Crippen molar-refractivity contribution in [3.8, 4) is 0 Å². The van der Waals surface area contributed by atoms with Crippen molar-refractivity contribution in [2.45, 2.75) is 13.0 Å². The van der Waals surface area contributed by atoms with E-state index in [9.17, 15) is 18.0 Å². The van der Waals surface area contributed by atoms with Crippen molar-refractivity contribution >= 4 is 21.9 Å². The lowest BCUT2D eigenvalue weighted by molar-refractivity contribution is -0.154. The van der Waals surface area contributed by atoms with Crippen molar-refractivity contribution in [3.05, 3.63) is 35.9 Å². The fraction of sp³-hybridized carbons (Fsp3) is 0.333. The number of primary sulfonamides is 1. The molecule has 8 heteroatoms. The maximum absolute atomic E-state index is 11.9. The second kappa shape index (κ2) is 7.01. The van der Waals surface area contributed by atoms with E-state index in [1.165, 1.54) is 6.92 Å². The number of amides is 1. The third-order valence-electron chi connectivity index (χ3n) is 2.31. The SMILES string of the molecule is CC(=O)OC(C(=O)NCCS(N)(=O)=O)c1ccccc1. The first kappa shape index (κ1) is 16.1. The van der Waals surface area contributed by atoms with Crippen molar-refractivity contribution in [1.82, 2.24) is 5.32 Å². The quantitative estimate of drug-likeness (QED) is 0.699. The number of sulfonamides is 1. The smallest absolute Gasteiger partial charge is 0.303 e. The molecule has 7 nitrogen and oxygen atoms in total. The van der Waals surface area contributed by atoms with Crippen LogP contribution in [0.25, 0.3) is 0 Å². The Bertz CT molecular complexity index is 571. The van der Waals surface area contributed by atoms with Crippen molar-refractivity contribution < 1.29 is 22.7 Å². The molecule has 0 aliphatic carbocycles. The molecule has 1 unspecified atom stereocenters. The monoisotopic (exact) mass is 300 g/mol. The molecular weight excluding hydrogens is 284 g/mol. The molecule has 0 heterocycles. The number of rotatable bonds is 6. The molecule has 0 radical (unpaired) electrons. The average molecular weight is 300 g/mol. The van der Waals surface area contributed by atoms with Crippen LogP contribution in [0, 0.1) is 0 Å². The lowest BCUT2D eigenvalue weighted by Crippen LogP contribution is -2.36. The second-order valence-electron chi connectivity index (χ2n) is 4.06. The minimum atomic E-state index is -3.66. The Hall–Kier alpha value is -1.93. The Kier molecular flexibility index (Phi) is 5.66. The molecule has 0 spiro atoms. The first-order chi connectivity index (χ1) is 9.29. The van der Waals surface area contributed by atoms with E-state index in [0.29, 0.717) is 5.56 Å². The lowest BCUT2D eigenvalue weighted by atomic mass is 10.1. The van der Waals surface area contributed by atoms with Crippen LogP contribution in [-0.4, -0.2) is 32.6 Å². The van der Waals surface area contributed by atoms with Gasteiger partial charge < -0.3 is 10.1 Å². The van der Waals surface area contributed by atoms with Crippen LogP contribution in [0.4, 0.5) is 0 Å². The van der Waals surface area contributed by atoms with Gasteiger partial charge in [-0.05, 0) is 0 Å². The van der Waals surface area contributed by atoms with Crippen LogP contribution in [0.15, 0.2) is 30.3 Å². The summed E-state index contributed by atoms with van der Waals surface area (Å²) in [4.78, 5) is 23.0. The summed E-state index contributed by atoms with van der Waals surface area (Å²) in [5.74, 6) is -1.60. The van der Waals surface area contributed by atoms with Crippen LogP contribution in [0.3, 0.4) is 0 Å². The first-order valence-electron chi connectivity index (χ1n) is 5.80. The minimum Gasteiger partial charge on any atom is -0.447 e. The fourth-order valence-electron chi connectivity index (χ4n) is 1.48. The first-order valence-corrected chi connectivity index (χ1v) is 7.51. The summed E-state index contributed by atoms with van der Waals surface area (Å²) in [7, 11) is -3.66. The Balaban J connectivity index is 2.73. The highest BCUT2D eigenvalue weighted by Gasteiger charge is 2.23. The summed E-state index contributed by atoms with van der Waals surface area (Å²) in [6.07, 6.45) is -1.12. The van der Waals surface area contributed by atoms with Gasteiger partial charge in [-0.15, -0.1) is 0 Å². The highest BCUT2D eigenvalue weighted by Crippen LogP contribution is 2.17. The topological polar surface area (TPSA) is 116 Å². The fourth-order valence-corrected chi connectivity index (χ4v) is 1.86. The van der Waals surface area contributed by atoms with Crippen molar-refractivity contribution in [1.29, 1.82) is 0 Å². The van der Waals surface area contributed by atoms with Gasteiger partial charge in [-0.25, -0.2) is 13.6 Å². The molecular formula is C12H16N2O5S. The molecule has 1 rings (SSSR count). The number of hydrogen-bond acceptors (Lipinski definition) is 5. The summed E-state index contributed by atoms with van der Waals surface area (Å²) in [6, 6.07) is 8.42. The van der Waals surface area contributed by atoms with Crippen molar-refractivity contribution in [2.75, 3.05) is 12.3 Å². The van der Waals surface area contributed by atoms with Gasteiger partial charge in [-0.1, -0.05) is 30.3 Å². The van der Waals surface area contributed by atoms with Crippen LogP contribution >= 0.6 is 0 Å². The van der Waals surface area contributed by atoms with Gasteiger partial charge in [0.1, 0.15) is 0 Å². The lowest BCUT2D eigenvalue weighted by Gasteiger charge is -2.16. The summed E-state index contributed by atoms with van der Waals surface area (Å²) >= 11 is 0. The second-order valence-corrected chi connectivity index (χ2v) is 5.79. The molecule has 0 aliphatic rings. The number of esters is 1. The van der Waals surface area contributed by atoms with E-state index < -0.39 is 28.0 Å². The molecule has 0 aliphatic heterocycles. The molecule has 1 aromatic rings. The molecule has 20 heavy (non-hydrogen) atoms. The van der Waals surface area contributed by atoms with Gasteiger partial charge in [0.05, 0.1) is 5.75 Å². The normalized spacial score (nSPS) is 12.5. The number of hydrogen-bond donors (Lipinski definition) is 2. The Morgan fingerprint density at radius 1 is 1.30 bits per heavy atom. The van der Waals surface area contributed by atoms with E-state index in [1.54, 1.807) is 30.3 Å². The molecule has 0 saturated heterocycles. The van der Waals surface area contributed by atoms with E-state index in [1.807, 2.05) is 0 Å². The minimum absolute atomic E-state index is 0.151. The zero-order chi connectivity index (χ0) is 15.2. The molecule has 110 valence electrons. The summed E-state index contributed by atoms with van der Waals surface area (Å²) in [5.41, 5.74) is 0.496. The zero-order valence-electron chi connectivity index (χ0n) is 10.9. The number of ether oxygens (including phenoxy) is 1. The van der Waals surface area contributed by atoms with Crippen LogP contribution in [0.1, 0.15) is 18.6 Å². The molecule has 3 N–H and O–H groups in total. The van der Waals surface area contributed by atoms with E-state index in [-0.39, 0.29) is 12.3 Å². The van der Waals surface area contributed by atoms with E-state index >= 15 is 0 Å². The molecule has 0 aromatic heterocycles. The molecule has 1 aromatic carbocycles. The molecule has 1 amide bonds. The molecule has 0 saturated carbocycles. The van der Waals surface area contributed by atoms with Gasteiger partial charge in [-0.2, -0.15) is 0 Å². The molecule has 1 atom stereocenters. The van der Waals surface area contributed by atoms with Crippen LogP contribution in [0.5, 0.6) is 0 Å². The number of carbonyl (C=O) groups is 2. The third-order valence-corrected chi connectivity index (χ3v) is 3.08. The third kappa shape index (κ3) is 5.81. The number of carbonyl (C=O) groups excluding carboxylic acids is 2. The zero-order valence-corrected chi connectivity index (χ0v) is 11.7. The Morgan fingerprint density at radius 2 is 1.90 bits per heavy atom. The van der Waals surface area contributed by atoms with Gasteiger partial charge in [0, 0.05) is 19.0 Å². The van der Waals surface area contributed by atoms with Crippen LogP contribution in [-0.2, 0) is 24.3 Å². The number of nitrogens with one attached hydrogen (secondary N) is 1.